The minimum absolute atomic E-state index is 0.124. The highest BCUT2D eigenvalue weighted by molar-refractivity contribution is 7.71. The Morgan fingerprint density at radius 2 is 2.35 bits per heavy atom. The van der Waals surface area contributed by atoms with Crippen molar-refractivity contribution in [3.05, 3.63) is 28.8 Å². The summed E-state index contributed by atoms with van der Waals surface area (Å²) in [5.41, 5.74) is 1.66. The summed E-state index contributed by atoms with van der Waals surface area (Å²) in [5, 5.41) is 0. The number of aromatic amines is 1. The number of ether oxygens (including phenoxy) is 1. The molecule has 1 aliphatic rings. The Hall–Kier alpha value is -1.24. The molecule has 6 heteroatoms. The van der Waals surface area contributed by atoms with Gasteiger partial charge in [-0.3, -0.25) is 4.90 Å². The van der Waals surface area contributed by atoms with Gasteiger partial charge < -0.3 is 14.3 Å². The van der Waals surface area contributed by atoms with Crippen molar-refractivity contribution in [1.29, 1.82) is 0 Å². The number of nitrogens with one attached hydrogen (secondary N) is 1. The summed E-state index contributed by atoms with van der Waals surface area (Å²) in [4.78, 5) is 5.42. The molecular formula is C14H18FN3OS. The van der Waals surface area contributed by atoms with Crippen LogP contribution in [0.3, 0.4) is 0 Å². The van der Waals surface area contributed by atoms with Crippen LogP contribution >= 0.6 is 12.2 Å². The van der Waals surface area contributed by atoms with Crippen LogP contribution < -0.4 is 0 Å². The molecule has 0 radical (unpaired) electrons. The first kappa shape index (κ1) is 13.7. The minimum Gasteiger partial charge on any atom is -0.374 e. The molecule has 0 bridgehead atoms. The average molecular weight is 295 g/mol. The number of halogens is 1. The highest BCUT2D eigenvalue weighted by atomic mass is 32.1. The molecule has 1 saturated heterocycles. The number of fused-ring (bicyclic) bond motifs is 1. The van der Waals surface area contributed by atoms with E-state index >= 15 is 0 Å². The van der Waals surface area contributed by atoms with Gasteiger partial charge >= 0.3 is 0 Å². The van der Waals surface area contributed by atoms with E-state index in [1.54, 1.807) is 6.07 Å². The number of likely N-dealkylation sites (N-methyl/N-ethyl adjacent to an activating group) is 1. The van der Waals surface area contributed by atoms with E-state index in [1.165, 1.54) is 12.1 Å². The molecule has 0 amide bonds. The lowest BCUT2D eigenvalue weighted by molar-refractivity contribution is -0.0339. The van der Waals surface area contributed by atoms with Crippen LogP contribution in [0.25, 0.3) is 11.0 Å². The van der Waals surface area contributed by atoms with Gasteiger partial charge in [0.25, 0.3) is 0 Å². The monoisotopic (exact) mass is 295 g/mol. The summed E-state index contributed by atoms with van der Waals surface area (Å²) < 4.78 is 21.7. The Morgan fingerprint density at radius 1 is 1.50 bits per heavy atom. The Morgan fingerprint density at radius 3 is 3.15 bits per heavy atom. The number of morpholine rings is 1. The highest BCUT2D eigenvalue weighted by Gasteiger charge is 2.20. The zero-order valence-corrected chi connectivity index (χ0v) is 12.3. The van der Waals surface area contributed by atoms with E-state index in [1.807, 2.05) is 4.57 Å². The molecule has 1 aromatic carbocycles. The van der Waals surface area contributed by atoms with Gasteiger partial charge in [0.15, 0.2) is 4.77 Å². The molecule has 20 heavy (non-hydrogen) atoms. The van der Waals surface area contributed by atoms with Gasteiger partial charge in [-0.25, -0.2) is 4.39 Å². The zero-order chi connectivity index (χ0) is 14.1. The SMILES string of the molecule is CCN1CCOC(Cn2c(=S)[nH]c3cc(F)ccc32)C1. The molecule has 1 aliphatic heterocycles. The molecule has 4 nitrogen and oxygen atoms in total. The molecule has 2 heterocycles. The molecule has 3 rings (SSSR count). The van der Waals surface area contributed by atoms with E-state index in [9.17, 15) is 4.39 Å². The van der Waals surface area contributed by atoms with E-state index in [0.29, 0.717) is 11.3 Å². The van der Waals surface area contributed by atoms with Crippen LogP contribution in [0.4, 0.5) is 4.39 Å². The topological polar surface area (TPSA) is 33.2 Å². The molecule has 1 atom stereocenters. The van der Waals surface area contributed by atoms with Crippen molar-refractivity contribution >= 4 is 23.3 Å². The predicted octanol–water partition coefficient (Wildman–Crippen LogP) is 2.56. The third-order valence-corrected chi connectivity index (χ3v) is 4.11. The summed E-state index contributed by atoms with van der Waals surface area (Å²) in [6.45, 7) is 6.53. The molecule has 0 aliphatic carbocycles. The number of hydrogen-bond acceptors (Lipinski definition) is 3. The van der Waals surface area contributed by atoms with Crippen LogP contribution in [0.1, 0.15) is 6.92 Å². The van der Waals surface area contributed by atoms with Crippen molar-refractivity contribution in [3.8, 4) is 0 Å². The van der Waals surface area contributed by atoms with Gasteiger partial charge in [0.05, 0.1) is 30.3 Å². The Bertz CT molecular complexity index is 666. The van der Waals surface area contributed by atoms with E-state index in [0.717, 1.165) is 37.3 Å². The fourth-order valence-electron chi connectivity index (χ4n) is 2.70. The molecule has 0 saturated carbocycles. The molecule has 0 spiro atoms. The summed E-state index contributed by atoms with van der Waals surface area (Å²) in [5.74, 6) is -0.257. The first-order valence-electron chi connectivity index (χ1n) is 6.89. The summed E-state index contributed by atoms with van der Waals surface area (Å²) in [6.07, 6.45) is 0.124. The maximum absolute atomic E-state index is 13.2. The van der Waals surface area contributed by atoms with Crippen LogP contribution in [0.5, 0.6) is 0 Å². The second kappa shape index (κ2) is 5.63. The Kier molecular flexibility index (Phi) is 3.87. The van der Waals surface area contributed by atoms with Gasteiger partial charge in [-0.05, 0) is 37.0 Å². The third kappa shape index (κ3) is 2.63. The molecule has 1 unspecified atom stereocenters. The zero-order valence-electron chi connectivity index (χ0n) is 11.4. The largest absolute Gasteiger partial charge is 0.374 e. The van der Waals surface area contributed by atoms with Gasteiger partial charge in [0.1, 0.15) is 5.82 Å². The summed E-state index contributed by atoms with van der Waals surface area (Å²) in [7, 11) is 0. The summed E-state index contributed by atoms with van der Waals surface area (Å²) in [6, 6.07) is 4.70. The van der Waals surface area contributed by atoms with Gasteiger partial charge in [-0.1, -0.05) is 6.92 Å². The molecule has 2 aromatic rings. The maximum Gasteiger partial charge on any atom is 0.178 e. The van der Waals surface area contributed by atoms with E-state index < -0.39 is 0 Å². The van der Waals surface area contributed by atoms with Crippen LogP contribution in [-0.4, -0.2) is 46.8 Å². The van der Waals surface area contributed by atoms with Crippen molar-refractivity contribution in [3.63, 3.8) is 0 Å². The fourth-order valence-corrected chi connectivity index (χ4v) is 2.98. The number of nitrogens with zero attached hydrogens (tertiary/aromatic N) is 2. The first-order chi connectivity index (χ1) is 9.67. The van der Waals surface area contributed by atoms with Gasteiger partial charge in [0.2, 0.25) is 0 Å². The second-order valence-corrected chi connectivity index (χ2v) is 5.47. The van der Waals surface area contributed by atoms with Crippen molar-refractivity contribution in [2.75, 3.05) is 26.2 Å². The number of aromatic nitrogens is 2. The molecule has 1 fully saturated rings. The number of benzene rings is 1. The second-order valence-electron chi connectivity index (χ2n) is 5.09. The van der Waals surface area contributed by atoms with Crippen molar-refractivity contribution in [1.82, 2.24) is 14.5 Å². The van der Waals surface area contributed by atoms with Crippen molar-refractivity contribution < 1.29 is 9.13 Å². The smallest absolute Gasteiger partial charge is 0.178 e. The quantitative estimate of drug-likeness (QED) is 0.884. The van der Waals surface area contributed by atoms with E-state index in [4.69, 9.17) is 17.0 Å². The van der Waals surface area contributed by atoms with Crippen LogP contribution in [0, 0.1) is 10.6 Å². The van der Waals surface area contributed by atoms with Gasteiger partial charge in [-0.2, -0.15) is 0 Å². The van der Waals surface area contributed by atoms with Crippen LogP contribution in [-0.2, 0) is 11.3 Å². The molecule has 108 valence electrons. The van der Waals surface area contributed by atoms with Gasteiger partial charge in [0, 0.05) is 13.1 Å². The minimum atomic E-state index is -0.257. The third-order valence-electron chi connectivity index (χ3n) is 3.79. The Balaban J connectivity index is 1.87. The van der Waals surface area contributed by atoms with E-state index in [-0.39, 0.29) is 11.9 Å². The highest BCUT2D eigenvalue weighted by Crippen LogP contribution is 2.17. The lowest BCUT2D eigenvalue weighted by Gasteiger charge is -2.32. The average Bonchev–Trinajstić information content (AvgIpc) is 2.74. The number of hydrogen-bond donors (Lipinski definition) is 1. The van der Waals surface area contributed by atoms with Crippen LogP contribution in [0.2, 0.25) is 0 Å². The predicted molar refractivity (Wildman–Crippen MR) is 78.9 cm³/mol. The lowest BCUT2D eigenvalue weighted by atomic mass is 10.2. The fraction of sp³-hybridized carbons (Fsp3) is 0.500. The Labute approximate surface area is 122 Å². The van der Waals surface area contributed by atoms with Crippen molar-refractivity contribution in [2.45, 2.75) is 19.6 Å². The number of H-pyrrole nitrogens is 1. The standard InChI is InChI=1S/C14H18FN3OS/c1-2-17-5-6-19-11(8-17)9-18-13-4-3-10(15)7-12(13)16-14(18)20/h3-4,7,11H,2,5-6,8-9H2,1H3,(H,16,20). The molecule has 1 N–H and O–H groups in total. The number of rotatable bonds is 3. The van der Waals surface area contributed by atoms with E-state index in [2.05, 4.69) is 16.8 Å². The number of imidazole rings is 1. The normalized spacial score (nSPS) is 20.6. The van der Waals surface area contributed by atoms with Gasteiger partial charge in [-0.15, -0.1) is 0 Å². The first-order valence-corrected chi connectivity index (χ1v) is 7.30. The molecule has 1 aromatic heterocycles. The maximum atomic E-state index is 13.2. The molecular weight excluding hydrogens is 277 g/mol. The van der Waals surface area contributed by atoms with Crippen molar-refractivity contribution in [2.24, 2.45) is 0 Å². The van der Waals surface area contributed by atoms with Crippen LogP contribution in [0.15, 0.2) is 18.2 Å². The summed E-state index contributed by atoms with van der Waals surface area (Å²) >= 11 is 5.34. The lowest BCUT2D eigenvalue weighted by Crippen LogP contribution is -2.43.